The van der Waals surface area contributed by atoms with E-state index in [0.29, 0.717) is 29.5 Å². The largest absolute Gasteiger partial charge is 0.492 e. The van der Waals surface area contributed by atoms with Gasteiger partial charge in [-0.1, -0.05) is 18.5 Å². The van der Waals surface area contributed by atoms with E-state index in [1.54, 1.807) is 19.1 Å². The molecule has 1 aromatic carbocycles. The lowest BCUT2D eigenvalue weighted by molar-refractivity contribution is -0.113. The van der Waals surface area contributed by atoms with Crippen LogP contribution in [0.25, 0.3) is 0 Å². The normalized spacial score (nSPS) is 11.2. The number of sulfone groups is 1. The lowest BCUT2D eigenvalue weighted by Gasteiger charge is -2.09. The predicted molar refractivity (Wildman–Crippen MR) is 80.2 cm³/mol. The molecule has 0 atom stereocenters. The number of halogens is 1. The van der Waals surface area contributed by atoms with Crippen LogP contribution in [0.4, 0.5) is 5.69 Å². The smallest absolute Gasteiger partial charge is 0.239 e. The first-order chi connectivity index (χ1) is 9.38. The maximum Gasteiger partial charge on any atom is 0.239 e. The lowest BCUT2D eigenvalue weighted by atomic mass is 10.3. The monoisotopic (exact) mass is 319 g/mol. The Morgan fingerprint density at radius 2 is 2.05 bits per heavy atom. The Kier molecular flexibility index (Phi) is 6.29. The number of anilines is 1. The van der Waals surface area contributed by atoms with E-state index in [9.17, 15) is 13.2 Å². The Labute approximate surface area is 124 Å². The van der Waals surface area contributed by atoms with Crippen LogP contribution in [0, 0.1) is 0 Å². The molecule has 0 radical (unpaired) electrons. The van der Waals surface area contributed by atoms with Crippen molar-refractivity contribution in [3.05, 3.63) is 23.2 Å². The number of carbonyl (C=O) groups excluding carboxylic acids is 1. The van der Waals surface area contributed by atoms with Gasteiger partial charge in [-0.05, 0) is 31.5 Å². The average Bonchev–Trinajstić information content (AvgIpc) is 2.31. The second kappa shape index (κ2) is 7.50. The molecule has 0 aliphatic heterocycles. The number of rotatable bonds is 7. The number of carbonyl (C=O) groups is 1. The Balaban J connectivity index is 2.69. The minimum Gasteiger partial charge on any atom is -0.492 e. The molecule has 20 heavy (non-hydrogen) atoms. The van der Waals surface area contributed by atoms with Gasteiger partial charge in [-0.3, -0.25) is 4.79 Å². The van der Waals surface area contributed by atoms with E-state index in [-0.39, 0.29) is 5.75 Å². The minimum atomic E-state index is -3.35. The third kappa shape index (κ3) is 5.38. The molecule has 0 saturated heterocycles. The van der Waals surface area contributed by atoms with E-state index in [1.165, 1.54) is 6.07 Å². The average molecular weight is 320 g/mol. The number of benzene rings is 1. The highest BCUT2D eigenvalue weighted by molar-refractivity contribution is 7.92. The zero-order valence-corrected chi connectivity index (χ0v) is 13.1. The Hall–Kier alpha value is -1.27. The fourth-order valence-corrected chi connectivity index (χ4v) is 3.10. The van der Waals surface area contributed by atoms with Gasteiger partial charge < -0.3 is 10.1 Å². The summed E-state index contributed by atoms with van der Waals surface area (Å²) in [5.74, 6) is -0.569. The number of amides is 1. The van der Waals surface area contributed by atoms with E-state index >= 15 is 0 Å². The van der Waals surface area contributed by atoms with Crippen molar-refractivity contribution in [3.63, 3.8) is 0 Å². The van der Waals surface area contributed by atoms with Gasteiger partial charge in [-0.2, -0.15) is 0 Å². The van der Waals surface area contributed by atoms with Crippen molar-refractivity contribution in [1.82, 2.24) is 0 Å². The first-order valence-corrected chi connectivity index (χ1v) is 8.50. The Morgan fingerprint density at radius 1 is 1.35 bits per heavy atom. The zero-order valence-electron chi connectivity index (χ0n) is 11.5. The molecular formula is C13H18ClNO4S. The molecule has 0 aromatic heterocycles. The second-order valence-corrected chi connectivity index (χ2v) is 6.81. The molecule has 1 amide bonds. The van der Waals surface area contributed by atoms with Gasteiger partial charge in [0, 0.05) is 5.69 Å². The predicted octanol–water partition coefficient (Wildman–Crippen LogP) is 2.50. The van der Waals surface area contributed by atoms with E-state index < -0.39 is 21.5 Å². The molecule has 0 unspecified atom stereocenters. The molecular weight excluding hydrogens is 302 g/mol. The standard InChI is InChI=1S/C13H18ClNO4S/c1-3-7-20(17,18)9-13(16)15-10-5-6-12(19-4-2)11(14)8-10/h5-6,8H,3-4,7,9H2,1-2H3,(H,15,16). The SMILES string of the molecule is CCCS(=O)(=O)CC(=O)Nc1ccc(OCC)c(Cl)c1. The first kappa shape index (κ1) is 16.8. The summed E-state index contributed by atoms with van der Waals surface area (Å²) in [6.07, 6.45) is 0.491. The third-order valence-corrected chi connectivity index (χ3v) is 4.41. The summed E-state index contributed by atoms with van der Waals surface area (Å²) < 4.78 is 28.3. The molecule has 0 saturated carbocycles. The highest BCUT2D eigenvalue weighted by Gasteiger charge is 2.16. The van der Waals surface area contributed by atoms with Crippen molar-refractivity contribution in [2.75, 3.05) is 23.4 Å². The summed E-state index contributed by atoms with van der Waals surface area (Å²) in [6.45, 7) is 4.08. The molecule has 0 aliphatic carbocycles. The molecule has 1 N–H and O–H groups in total. The summed E-state index contributed by atoms with van der Waals surface area (Å²) in [6, 6.07) is 4.76. The molecule has 0 heterocycles. The number of hydrogen-bond donors (Lipinski definition) is 1. The van der Waals surface area contributed by atoms with E-state index in [0.717, 1.165) is 0 Å². The van der Waals surface area contributed by atoms with E-state index in [4.69, 9.17) is 16.3 Å². The van der Waals surface area contributed by atoms with Gasteiger partial charge in [-0.25, -0.2) is 8.42 Å². The first-order valence-electron chi connectivity index (χ1n) is 6.30. The number of nitrogens with one attached hydrogen (secondary N) is 1. The summed E-state index contributed by atoms with van der Waals surface area (Å²) in [5, 5.41) is 2.87. The molecule has 0 bridgehead atoms. The second-order valence-electron chi connectivity index (χ2n) is 4.22. The third-order valence-electron chi connectivity index (χ3n) is 2.38. The van der Waals surface area contributed by atoms with Crippen molar-refractivity contribution in [2.24, 2.45) is 0 Å². The topological polar surface area (TPSA) is 72.5 Å². The fraction of sp³-hybridized carbons (Fsp3) is 0.462. The van der Waals surface area contributed by atoms with Crippen LogP contribution in [0.5, 0.6) is 5.75 Å². The van der Waals surface area contributed by atoms with Gasteiger partial charge in [-0.15, -0.1) is 0 Å². The van der Waals surface area contributed by atoms with Gasteiger partial charge in [0.25, 0.3) is 0 Å². The maximum atomic E-state index is 11.7. The van der Waals surface area contributed by atoms with Crippen LogP contribution >= 0.6 is 11.6 Å². The molecule has 1 aromatic rings. The summed E-state index contributed by atoms with van der Waals surface area (Å²) in [5.41, 5.74) is 0.440. The van der Waals surface area contributed by atoms with Crippen LogP contribution < -0.4 is 10.1 Å². The Bertz CT molecular complexity index is 572. The minimum absolute atomic E-state index is 0.00442. The van der Waals surface area contributed by atoms with Gasteiger partial charge in [0.05, 0.1) is 17.4 Å². The quantitative estimate of drug-likeness (QED) is 0.838. The number of ether oxygens (including phenoxy) is 1. The van der Waals surface area contributed by atoms with Gasteiger partial charge in [0.2, 0.25) is 5.91 Å². The number of hydrogen-bond acceptors (Lipinski definition) is 4. The molecule has 5 nitrogen and oxygen atoms in total. The zero-order chi connectivity index (χ0) is 15.2. The van der Waals surface area contributed by atoms with Crippen molar-refractivity contribution in [2.45, 2.75) is 20.3 Å². The van der Waals surface area contributed by atoms with E-state index in [1.807, 2.05) is 6.92 Å². The highest BCUT2D eigenvalue weighted by atomic mass is 35.5. The summed E-state index contributed by atoms with van der Waals surface area (Å²) in [4.78, 5) is 11.7. The summed E-state index contributed by atoms with van der Waals surface area (Å²) in [7, 11) is -3.35. The van der Waals surface area contributed by atoms with Crippen LogP contribution in [0.1, 0.15) is 20.3 Å². The molecule has 0 spiro atoms. The molecule has 112 valence electrons. The van der Waals surface area contributed by atoms with Gasteiger partial charge >= 0.3 is 0 Å². The molecule has 7 heteroatoms. The molecule has 0 fully saturated rings. The molecule has 0 aliphatic rings. The van der Waals surface area contributed by atoms with Crippen LogP contribution in [0.2, 0.25) is 5.02 Å². The van der Waals surface area contributed by atoms with Crippen LogP contribution in [0.3, 0.4) is 0 Å². The van der Waals surface area contributed by atoms with Crippen LogP contribution in [-0.4, -0.2) is 32.4 Å². The van der Waals surface area contributed by atoms with Crippen molar-refractivity contribution in [3.8, 4) is 5.75 Å². The van der Waals surface area contributed by atoms with E-state index in [2.05, 4.69) is 5.32 Å². The van der Waals surface area contributed by atoms with Crippen LogP contribution in [0.15, 0.2) is 18.2 Å². The molecule has 1 rings (SSSR count). The Morgan fingerprint density at radius 3 is 2.60 bits per heavy atom. The maximum absolute atomic E-state index is 11.7. The fourth-order valence-electron chi connectivity index (χ4n) is 1.63. The lowest BCUT2D eigenvalue weighted by Crippen LogP contribution is -2.24. The van der Waals surface area contributed by atoms with Gasteiger partial charge in [0.15, 0.2) is 9.84 Å². The highest BCUT2D eigenvalue weighted by Crippen LogP contribution is 2.27. The van der Waals surface area contributed by atoms with Gasteiger partial charge in [0.1, 0.15) is 11.5 Å². The van der Waals surface area contributed by atoms with Crippen molar-refractivity contribution >= 4 is 33.0 Å². The van der Waals surface area contributed by atoms with Crippen molar-refractivity contribution in [1.29, 1.82) is 0 Å². The van der Waals surface area contributed by atoms with Crippen molar-refractivity contribution < 1.29 is 17.9 Å². The summed E-state index contributed by atoms with van der Waals surface area (Å²) >= 11 is 5.98. The van der Waals surface area contributed by atoms with Crippen LogP contribution in [-0.2, 0) is 14.6 Å².